The third kappa shape index (κ3) is 2.90. The Balaban J connectivity index is 2.55. The third-order valence-electron chi connectivity index (χ3n) is 2.80. The lowest BCUT2D eigenvalue weighted by atomic mass is 9.97. The number of pyridine rings is 1. The van der Waals surface area contributed by atoms with E-state index in [1.165, 1.54) is 6.07 Å². The van der Waals surface area contributed by atoms with Crippen molar-refractivity contribution >= 4 is 21.7 Å². The van der Waals surface area contributed by atoms with E-state index in [0.717, 1.165) is 22.9 Å². The number of alkyl halides is 3. The number of carbonyl (C=O) groups is 1. The van der Waals surface area contributed by atoms with E-state index in [2.05, 4.69) is 20.9 Å². The second-order valence-electron chi connectivity index (χ2n) is 4.21. The van der Waals surface area contributed by atoms with Gasteiger partial charge in [0.2, 0.25) is 0 Å². The molecule has 1 heterocycles. The van der Waals surface area contributed by atoms with Crippen LogP contribution in [0.4, 0.5) is 13.2 Å². The summed E-state index contributed by atoms with van der Waals surface area (Å²) < 4.78 is 39.5. The molecule has 1 aromatic carbocycles. The zero-order chi connectivity index (χ0) is 14.9. The molecule has 0 saturated heterocycles. The highest BCUT2D eigenvalue weighted by atomic mass is 79.9. The molecule has 2 rings (SSSR count). The van der Waals surface area contributed by atoms with Crippen LogP contribution < -0.4 is 0 Å². The lowest BCUT2D eigenvalue weighted by Gasteiger charge is -2.12. The molecular formula is C14H9BrF3NO. The summed E-state index contributed by atoms with van der Waals surface area (Å²) in [6.45, 7) is 1.67. The molecule has 0 radical (unpaired) electrons. The fourth-order valence-electron chi connectivity index (χ4n) is 1.85. The number of rotatable bonds is 2. The fourth-order valence-corrected chi connectivity index (χ4v) is 2.33. The molecule has 20 heavy (non-hydrogen) atoms. The second kappa shape index (κ2) is 5.36. The molecule has 0 amide bonds. The Kier molecular flexibility index (Phi) is 3.94. The maximum atomic E-state index is 12.9. The summed E-state index contributed by atoms with van der Waals surface area (Å²) in [6.07, 6.45) is -2.61. The molecule has 6 heteroatoms. The molecule has 0 aliphatic rings. The molecule has 0 bridgehead atoms. The molecule has 0 unspecified atom stereocenters. The van der Waals surface area contributed by atoms with E-state index in [9.17, 15) is 18.0 Å². The van der Waals surface area contributed by atoms with Gasteiger partial charge in [0, 0.05) is 22.4 Å². The number of aryl methyl sites for hydroxylation is 1. The van der Waals surface area contributed by atoms with Gasteiger partial charge in [0.25, 0.3) is 0 Å². The van der Waals surface area contributed by atoms with Gasteiger partial charge in [-0.1, -0.05) is 15.9 Å². The first-order chi connectivity index (χ1) is 9.30. The van der Waals surface area contributed by atoms with Crippen molar-refractivity contribution in [2.24, 2.45) is 0 Å². The van der Waals surface area contributed by atoms with Crippen LogP contribution in [0.3, 0.4) is 0 Å². The predicted octanol–water partition coefficient (Wildman–Crippen LogP) is 4.40. The van der Waals surface area contributed by atoms with Crippen molar-refractivity contribution in [2.75, 3.05) is 0 Å². The van der Waals surface area contributed by atoms with E-state index >= 15 is 0 Å². The number of benzene rings is 1. The van der Waals surface area contributed by atoms with Gasteiger partial charge >= 0.3 is 6.18 Å². The van der Waals surface area contributed by atoms with Gasteiger partial charge < -0.3 is 0 Å². The first-order valence-corrected chi connectivity index (χ1v) is 6.42. The summed E-state index contributed by atoms with van der Waals surface area (Å²) in [4.78, 5) is 15.9. The molecule has 1 aromatic heterocycles. The van der Waals surface area contributed by atoms with Gasteiger partial charge in [-0.25, -0.2) is 0 Å². The quantitative estimate of drug-likeness (QED) is 0.756. The number of nitrogens with zero attached hydrogens (tertiary/aromatic N) is 1. The van der Waals surface area contributed by atoms with Gasteiger partial charge in [0.1, 0.15) is 0 Å². The number of hydrogen-bond acceptors (Lipinski definition) is 2. The number of ketones is 1. The molecule has 0 N–H and O–H groups in total. The zero-order valence-corrected chi connectivity index (χ0v) is 11.9. The van der Waals surface area contributed by atoms with Crippen molar-refractivity contribution in [1.82, 2.24) is 4.98 Å². The minimum absolute atomic E-state index is 0.228. The highest BCUT2D eigenvalue weighted by Crippen LogP contribution is 2.32. The number of carbonyl (C=O) groups excluding carboxylic acids is 1. The Morgan fingerprint density at radius 2 is 1.90 bits per heavy atom. The Morgan fingerprint density at radius 3 is 2.50 bits per heavy atom. The van der Waals surface area contributed by atoms with E-state index in [-0.39, 0.29) is 5.56 Å². The molecule has 0 fully saturated rings. The van der Waals surface area contributed by atoms with Gasteiger partial charge in [0.05, 0.1) is 11.1 Å². The third-order valence-corrected chi connectivity index (χ3v) is 3.30. The van der Waals surface area contributed by atoms with Crippen LogP contribution in [-0.2, 0) is 6.18 Å². The summed E-state index contributed by atoms with van der Waals surface area (Å²) in [7, 11) is 0. The minimum Gasteiger partial charge on any atom is -0.289 e. The molecule has 2 aromatic rings. The van der Waals surface area contributed by atoms with Crippen molar-refractivity contribution in [3.05, 3.63) is 63.4 Å². The molecule has 0 aliphatic heterocycles. The number of halogens is 4. The average molecular weight is 344 g/mol. The summed E-state index contributed by atoms with van der Waals surface area (Å²) in [6, 6.07) is 5.59. The van der Waals surface area contributed by atoms with E-state index in [1.54, 1.807) is 19.1 Å². The number of aromatic nitrogens is 1. The fraction of sp³-hybridized carbons (Fsp3) is 0.143. The molecule has 0 aliphatic carbocycles. The standard InChI is InChI=1S/C14H9BrF3NO/c1-8-6-9(15)2-3-10(8)13(20)11-7-19-5-4-12(11)14(16,17)18/h2-7H,1H3. The molecule has 0 saturated carbocycles. The SMILES string of the molecule is Cc1cc(Br)ccc1C(=O)c1cnccc1C(F)(F)F. The van der Waals surface area contributed by atoms with Crippen LogP contribution >= 0.6 is 15.9 Å². The molecule has 104 valence electrons. The van der Waals surface area contributed by atoms with Crippen LogP contribution in [0.1, 0.15) is 27.0 Å². The highest BCUT2D eigenvalue weighted by molar-refractivity contribution is 9.10. The van der Waals surface area contributed by atoms with Crippen molar-refractivity contribution in [1.29, 1.82) is 0 Å². The average Bonchev–Trinajstić information content (AvgIpc) is 2.37. The minimum atomic E-state index is -4.59. The predicted molar refractivity (Wildman–Crippen MR) is 71.6 cm³/mol. The lowest BCUT2D eigenvalue weighted by molar-refractivity contribution is -0.137. The smallest absolute Gasteiger partial charge is 0.289 e. The summed E-state index contributed by atoms with van der Waals surface area (Å²) in [5.41, 5.74) is -0.585. The van der Waals surface area contributed by atoms with Crippen LogP contribution in [0.15, 0.2) is 41.1 Å². The van der Waals surface area contributed by atoms with Crippen molar-refractivity contribution in [3.63, 3.8) is 0 Å². The zero-order valence-electron chi connectivity index (χ0n) is 10.3. The van der Waals surface area contributed by atoms with E-state index in [4.69, 9.17) is 0 Å². The van der Waals surface area contributed by atoms with Gasteiger partial charge in [-0.05, 0) is 36.8 Å². The molecule has 2 nitrogen and oxygen atoms in total. The van der Waals surface area contributed by atoms with Crippen molar-refractivity contribution in [2.45, 2.75) is 13.1 Å². The van der Waals surface area contributed by atoms with Crippen molar-refractivity contribution < 1.29 is 18.0 Å². The monoisotopic (exact) mass is 343 g/mol. The summed E-state index contributed by atoms with van der Waals surface area (Å²) >= 11 is 3.24. The van der Waals surface area contributed by atoms with Crippen LogP contribution in [0.2, 0.25) is 0 Å². The van der Waals surface area contributed by atoms with Gasteiger partial charge in [0.15, 0.2) is 5.78 Å². The maximum absolute atomic E-state index is 12.9. The van der Waals surface area contributed by atoms with Gasteiger partial charge in [-0.3, -0.25) is 9.78 Å². The Bertz CT molecular complexity index is 668. The van der Waals surface area contributed by atoms with Crippen LogP contribution in [0.25, 0.3) is 0 Å². The largest absolute Gasteiger partial charge is 0.417 e. The lowest BCUT2D eigenvalue weighted by Crippen LogP contribution is -2.14. The van der Waals surface area contributed by atoms with Gasteiger partial charge in [-0.15, -0.1) is 0 Å². The first-order valence-electron chi connectivity index (χ1n) is 5.63. The van der Waals surface area contributed by atoms with E-state index in [1.807, 2.05) is 0 Å². The Morgan fingerprint density at radius 1 is 1.20 bits per heavy atom. The van der Waals surface area contributed by atoms with Crippen LogP contribution in [0.5, 0.6) is 0 Å². The summed E-state index contributed by atoms with van der Waals surface area (Å²) in [5.74, 6) is -0.685. The highest BCUT2D eigenvalue weighted by Gasteiger charge is 2.35. The molecule has 0 spiro atoms. The normalized spacial score (nSPS) is 11.4. The molecular weight excluding hydrogens is 335 g/mol. The van der Waals surface area contributed by atoms with Gasteiger partial charge in [-0.2, -0.15) is 13.2 Å². The van der Waals surface area contributed by atoms with Crippen LogP contribution in [-0.4, -0.2) is 10.8 Å². The maximum Gasteiger partial charge on any atom is 0.417 e. The topological polar surface area (TPSA) is 30.0 Å². The van der Waals surface area contributed by atoms with Crippen LogP contribution in [0, 0.1) is 6.92 Å². The summed E-state index contributed by atoms with van der Waals surface area (Å²) in [5, 5.41) is 0. The second-order valence-corrected chi connectivity index (χ2v) is 5.12. The van der Waals surface area contributed by atoms with E-state index < -0.39 is 23.1 Å². The Hall–Kier alpha value is -1.69. The Labute approximate surface area is 121 Å². The molecule has 0 atom stereocenters. The first kappa shape index (κ1) is 14.7. The van der Waals surface area contributed by atoms with E-state index in [0.29, 0.717) is 5.56 Å². The van der Waals surface area contributed by atoms with Crippen molar-refractivity contribution in [3.8, 4) is 0 Å². The number of hydrogen-bond donors (Lipinski definition) is 0.